The van der Waals surface area contributed by atoms with E-state index in [-0.39, 0.29) is 16.6 Å². The lowest BCUT2D eigenvalue weighted by atomic mass is 9.51. The fraction of sp³-hybridized carbons (Fsp3) is 0.812. The smallest absolute Gasteiger partial charge is 0.161 e. The van der Waals surface area contributed by atoms with Crippen LogP contribution in [0.5, 0.6) is 0 Å². The minimum absolute atomic E-state index is 0.170. The van der Waals surface area contributed by atoms with Gasteiger partial charge in [-0.2, -0.15) is 0 Å². The maximum absolute atomic E-state index is 12.3. The summed E-state index contributed by atoms with van der Waals surface area (Å²) >= 11 is 0. The van der Waals surface area contributed by atoms with Gasteiger partial charge in [0.15, 0.2) is 5.78 Å². The van der Waals surface area contributed by atoms with Crippen LogP contribution in [0.4, 0.5) is 0 Å². The van der Waals surface area contributed by atoms with Gasteiger partial charge in [-0.25, -0.2) is 0 Å². The van der Waals surface area contributed by atoms with Gasteiger partial charge >= 0.3 is 0 Å². The van der Waals surface area contributed by atoms with Crippen molar-refractivity contribution in [2.45, 2.75) is 59.8 Å². The quantitative estimate of drug-likeness (QED) is 0.648. The number of ketones is 1. The Labute approximate surface area is 106 Å². The fourth-order valence-corrected chi connectivity index (χ4v) is 4.84. The van der Waals surface area contributed by atoms with Crippen molar-refractivity contribution in [3.05, 3.63) is 12.7 Å². The van der Waals surface area contributed by atoms with E-state index in [9.17, 15) is 4.79 Å². The Kier molecular flexibility index (Phi) is 2.80. The Morgan fingerprint density at radius 2 is 1.82 bits per heavy atom. The molecule has 1 nitrogen and oxygen atoms in total. The van der Waals surface area contributed by atoms with Gasteiger partial charge in [0.25, 0.3) is 0 Å². The third-order valence-corrected chi connectivity index (χ3v) is 6.15. The number of carbonyl (C=O) groups is 1. The lowest BCUT2D eigenvalue weighted by molar-refractivity contribution is -0.133. The summed E-state index contributed by atoms with van der Waals surface area (Å²) in [7, 11) is 0. The van der Waals surface area contributed by atoms with E-state index < -0.39 is 0 Å². The van der Waals surface area contributed by atoms with E-state index in [2.05, 4.69) is 34.3 Å². The molecular weight excluding hydrogens is 208 g/mol. The zero-order chi connectivity index (χ0) is 12.9. The summed E-state index contributed by atoms with van der Waals surface area (Å²) in [5, 5.41) is 0. The molecule has 0 bridgehead atoms. The molecule has 17 heavy (non-hydrogen) atoms. The lowest BCUT2D eigenvalue weighted by Gasteiger charge is -2.52. The molecule has 2 rings (SSSR count). The summed E-state index contributed by atoms with van der Waals surface area (Å²) in [6.45, 7) is 13.0. The molecule has 2 saturated carbocycles. The van der Waals surface area contributed by atoms with Gasteiger partial charge in [-0.1, -0.05) is 40.7 Å². The fourth-order valence-electron chi connectivity index (χ4n) is 4.84. The van der Waals surface area contributed by atoms with Crippen molar-refractivity contribution in [3.63, 3.8) is 0 Å². The van der Waals surface area contributed by atoms with Gasteiger partial charge in [-0.05, 0) is 48.5 Å². The summed E-state index contributed by atoms with van der Waals surface area (Å²) < 4.78 is 0. The molecule has 0 aliphatic heterocycles. The van der Waals surface area contributed by atoms with Crippen LogP contribution in [0.15, 0.2) is 12.7 Å². The summed E-state index contributed by atoms with van der Waals surface area (Å²) in [6, 6.07) is 0. The second kappa shape index (κ2) is 3.70. The molecule has 0 spiro atoms. The van der Waals surface area contributed by atoms with Crippen LogP contribution in [0.2, 0.25) is 0 Å². The van der Waals surface area contributed by atoms with E-state index in [1.165, 1.54) is 25.7 Å². The minimum atomic E-state index is -0.170. The van der Waals surface area contributed by atoms with Crippen LogP contribution in [-0.2, 0) is 4.79 Å². The SMILES string of the molecule is C=CC(=O)[C@]1(C)CC[C@H]2C(C)(C)CCC[C@@]21C. The maximum atomic E-state index is 12.3. The number of allylic oxidation sites excluding steroid dienone is 1. The normalized spacial score (nSPS) is 44.1. The molecule has 0 radical (unpaired) electrons. The molecule has 3 atom stereocenters. The molecule has 96 valence electrons. The van der Waals surface area contributed by atoms with E-state index in [0.717, 1.165) is 6.42 Å². The van der Waals surface area contributed by atoms with Crippen LogP contribution in [0.1, 0.15) is 59.8 Å². The van der Waals surface area contributed by atoms with Crippen molar-refractivity contribution >= 4 is 5.78 Å². The van der Waals surface area contributed by atoms with Crippen molar-refractivity contribution in [1.82, 2.24) is 0 Å². The summed E-state index contributed by atoms with van der Waals surface area (Å²) in [4.78, 5) is 12.3. The predicted molar refractivity (Wildman–Crippen MR) is 71.8 cm³/mol. The molecule has 2 aliphatic carbocycles. The minimum Gasteiger partial charge on any atom is -0.294 e. The highest BCUT2D eigenvalue weighted by molar-refractivity contribution is 5.95. The molecule has 0 unspecified atom stereocenters. The van der Waals surface area contributed by atoms with Gasteiger partial charge in [0.2, 0.25) is 0 Å². The van der Waals surface area contributed by atoms with Gasteiger partial charge in [0, 0.05) is 5.41 Å². The largest absolute Gasteiger partial charge is 0.294 e. The van der Waals surface area contributed by atoms with Crippen LogP contribution in [-0.4, -0.2) is 5.78 Å². The molecule has 0 N–H and O–H groups in total. The first-order valence-electron chi connectivity index (χ1n) is 6.95. The van der Waals surface area contributed by atoms with Gasteiger partial charge in [-0.3, -0.25) is 4.79 Å². The number of hydrogen-bond acceptors (Lipinski definition) is 1. The molecule has 0 amide bonds. The highest BCUT2D eigenvalue weighted by Gasteiger charge is 2.61. The number of carbonyl (C=O) groups excluding carboxylic acids is 1. The van der Waals surface area contributed by atoms with Crippen LogP contribution in [0.3, 0.4) is 0 Å². The van der Waals surface area contributed by atoms with Crippen LogP contribution < -0.4 is 0 Å². The number of rotatable bonds is 2. The maximum Gasteiger partial charge on any atom is 0.161 e. The standard InChI is InChI=1S/C16H26O/c1-6-13(17)16(5)11-8-12-14(2,3)9-7-10-15(12,16)4/h6,12H,1,7-11H2,2-5H3/t12-,15-,16-/m0/s1. The highest BCUT2D eigenvalue weighted by atomic mass is 16.1. The monoisotopic (exact) mass is 234 g/mol. The summed E-state index contributed by atoms with van der Waals surface area (Å²) in [5.41, 5.74) is 0.406. The second-order valence-corrected chi connectivity index (χ2v) is 7.25. The molecule has 2 aliphatic rings. The Bertz CT molecular complexity index is 355. The Balaban J connectivity index is 2.43. The van der Waals surface area contributed by atoms with E-state index in [1.807, 2.05) is 0 Å². The average molecular weight is 234 g/mol. The van der Waals surface area contributed by atoms with Crippen molar-refractivity contribution in [2.24, 2.45) is 22.2 Å². The first-order valence-corrected chi connectivity index (χ1v) is 6.95. The van der Waals surface area contributed by atoms with Gasteiger partial charge in [0.05, 0.1) is 0 Å². The number of hydrogen-bond donors (Lipinski definition) is 0. The van der Waals surface area contributed by atoms with Crippen molar-refractivity contribution in [2.75, 3.05) is 0 Å². The Morgan fingerprint density at radius 1 is 1.18 bits per heavy atom. The van der Waals surface area contributed by atoms with E-state index >= 15 is 0 Å². The van der Waals surface area contributed by atoms with Gasteiger partial charge in [-0.15, -0.1) is 0 Å². The molecule has 0 saturated heterocycles. The molecule has 0 aromatic heterocycles. The Hall–Kier alpha value is -0.590. The van der Waals surface area contributed by atoms with Crippen molar-refractivity contribution in [3.8, 4) is 0 Å². The first-order chi connectivity index (χ1) is 7.78. The Morgan fingerprint density at radius 3 is 2.41 bits per heavy atom. The van der Waals surface area contributed by atoms with Crippen LogP contribution >= 0.6 is 0 Å². The van der Waals surface area contributed by atoms with Crippen LogP contribution in [0.25, 0.3) is 0 Å². The van der Waals surface area contributed by atoms with E-state index in [4.69, 9.17) is 0 Å². The first kappa shape index (κ1) is 12.9. The molecule has 0 aromatic rings. The highest BCUT2D eigenvalue weighted by Crippen LogP contribution is 2.66. The van der Waals surface area contributed by atoms with E-state index in [0.29, 0.717) is 11.3 Å². The third kappa shape index (κ3) is 1.54. The third-order valence-electron chi connectivity index (χ3n) is 6.15. The second-order valence-electron chi connectivity index (χ2n) is 7.25. The molecule has 0 aromatic carbocycles. The topological polar surface area (TPSA) is 17.1 Å². The predicted octanol–water partition coefficient (Wildman–Crippen LogP) is 4.37. The number of fused-ring (bicyclic) bond motifs is 1. The zero-order valence-corrected chi connectivity index (χ0v) is 11.8. The molecule has 1 heteroatoms. The van der Waals surface area contributed by atoms with E-state index in [1.54, 1.807) is 6.08 Å². The average Bonchev–Trinajstić information content (AvgIpc) is 2.52. The van der Waals surface area contributed by atoms with Crippen molar-refractivity contribution < 1.29 is 4.79 Å². The van der Waals surface area contributed by atoms with Gasteiger partial charge < -0.3 is 0 Å². The lowest BCUT2D eigenvalue weighted by Crippen LogP contribution is -2.48. The summed E-state index contributed by atoms with van der Waals surface area (Å²) in [5.74, 6) is 0.956. The molecule has 0 heterocycles. The molecular formula is C16H26O. The van der Waals surface area contributed by atoms with Crippen molar-refractivity contribution in [1.29, 1.82) is 0 Å². The van der Waals surface area contributed by atoms with Gasteiger partial charge in [0.1, 0.15) is 0 Å². The molecule has 2 fully saturated rings. The van der Waals surface area contributed by atoms with Crippen LogP contribution in [0, 0.1) is 22.2 Å². The zero-order valence-electron chi connectivity index (χ0n) is 11.8. The summed E-state index contributed by atoms with van der Waals surface area (Å²) in [6.07, 6.45) is 7.58.